The summed E-state index contributed by atoms with van der Waals surface area (Å²) in [6.07, 6.45) is 0. The molecular formula is C16H13ClN2O2. The second-order valence-corrected chi connectivity index (χ2v) is 4.97. The van der Waals surface area contributed by atoms with Crippen LogP contribution in [0, 0.1) is 18.3 Å². The minimum absolute atomic E-state index is 0.138. The molecule has 2 N–H and O–H groups in total. The van der Waals surface area contributed by atoms with E-state index >= 15 is 0 Å². The van der Waals surface area contributed by atoms with Gasteiger partial charge in [0, 0.05) is 0 Å². The van der Waals surface area contributed by atoms with Crippen LogP contribution in [0.15, 0.2) is 36.4 Å². The number of ether oxygens (including phenoxy) is 1. The average molecular weight is 301 g/mol. The van der Waals surface area contributed by atoms with E-state index in [4.69, 9.17) is 27.3 Å². The number of anilines is 1. The highest BCUT2D eigenvalue weighted by atomic mass is 35.5. The highest BCUT2D eigenvalue weighted by Crippen LogP contribution is 2.20. The second-order valence-electron chi connectivity index (χ2n) is 4.57. The number of nitriles is 1. The molecule has 0 bridgehead atoms. The summed E-state index contributed by atoms with van der Waals surface area (Å²) in [5.74, 6) is -0.470. The van der Waals surface area contributed by atoms with Gasteiger partial charge >= 0.3 is 5.97 Å². The van der Waals surface area contributed by atoms with Crippen LogP contribution in [0.5, 0.6) is 0 Å². The summed E-state index contributed by atoms with van der Waals surface area (Å²) in [5.41, 5.74) is 8.66. The predicted molar refractivity (Wildman–Crippen MR) is 80.9 cm³/mol. The Hall–Kier alpha value is -2.51. The number of hydrogen-bond donors (Lipinski definition) is 1. The van der Waals surface area contributed by atoms with Gasteiger partial charge in [-0.3, -0.25) is 0 Å². The van der Waals surface area contributed by atoms with Crippen molar-refractivity contribution in [1.82, 2.24) is 0 Å². The van der Waals surface area contributed by atoms with E-state index < -0.39 is 5.97 Å². The Morgan fingerprint density at radius 1 is 1.33 bits per heavy atom. The molecule has 0 aromatic heterocycles. The minimum Gasteiger partial charge on any atom is -0.457 e. The van der Waals surface area contributed by atoms with Crippen molar-refractivity contribution >= 4 is 23.3 Å². The Kier molecular flexibility index (Phi) is 4.46. The number of benzene rings is 2. The third kappa shape index (κ3) is 3.53. The zero-order chi connectivity index (χ0) is 15.4. The van der Waals surface area contributed by atoms with Crippen molar-refractivity contribution in [1.29, 1.82) is 5.26 Å². The van der Waals surface area contributed by atoms with E-state index in [9.17, 15) is 4.79 Å². The zero-order valence-electron chi connectivity index (χ0n) is 11.4. The van der Waals surface area contributed by atoms with Gasteiger partial charge in [0.15, 0.2) is 0 Å². The molecule has 0 aliphatic carbocycles. The number of nitrogen functional groups attached to an aromatic ring is 1. The van der Waals surface area contributed by atoms with Crippen molar-refractivity contribution < 1.29 is 9.53 Å². The lowest BCUT2D eigenvalue weighted by atomic mass is 10.1. The summed E-state index contributed by atoms with van der Waals surface area (Å²) < 4.78 is 5.24. The molecule has 2 aromatic carbocycles. The van der Waals surface area contributed by atoms with E-state index in [1.807, 2.05) is 6.92 Å². The smallest absolute Gasteiger partial charge is 0.338 e. The maximum atomic E-state index is 11.9. The van der Waals surface area contributed by atoms with E-state index in [2.05, 4.69) is 6.07 Å². The van der Waals surface area contributed by atoms with Gasteiger partial charge in [-0.25, -0.2) is 4.79 Å². The molecule has 0 fully saturated rings. The zero-order valence-corrected chi connectivity index (χ0v) is 12.1. The molecule has 106 valence electrons. The third-order valence-corrected chi connectivity index (χ3v) is 3.41. The second kappa shape index (κ2) is 6.29. The Morgan fingerprint density at radius 2 is 2.10 bits per heavy atom. The minimum atomic E-state index is -0.470. The van der Waals surface area contributed by atoms with Crippen LogP contribution in [0.4, 0.5) is 5.69 Å². The van der Waals surface area contributed by atoms with Crippen molar-refractivity contribution in [3.8, 4) is 6.07 Å². The number of halogens is 1. The maximum Gasteiger partial charge on any atom is 0.338 e. The normalized spacial score (nSPS) is 9.95. The lowest BCUT2D eigenvalue weighted by molar-refractivity contribution is 0.0472. The van der Waals surface area contributed by atoms with Crippen LogP contribution in [-0.4, -0.2) is 5.97 Å². The Balaban J connectivity index is 2.07. The summed E-state index contributed by atoms with van der Waals surface area (Å²) in [6.45, 7) is 2.00. The summed E-state index contributed by atoms with van der Waals surface area (Å²) in [5, 5.41) is 9.21. The summed E-state index contributed by atoms with van der Waals surface area (Å²) in [6, 6.07) is 11.9. The Labute approximate surface area is 127 Å². The largest absolute Gasteiger partial charge is 0.457 e. The quantitative estimate of drug-likeness (QED) is 0.695. The highest BCUT2D eigenvalue weighted by Gasteiger charge is 2.10. The molecule has 0 heterocycles. The van der Waals surface area contributed by atoms with Crippen LogP contribution >= 0.6 is 11.6 Å². The van der Waals surface area contributed by atoms with Crippen molar-refractivity contribution in [2.45, 2.75) is 13.5 Å². The molecule has 0 aliphatic rings. The van der Waals surface area contributed by atoms with Crippen LogP contribution in [-0.2, 0) is 11.3 Å². The fourth-order valence-corrected chi connectivity index (χ4v) is 1.94. The number of carbonyl (C=O) groups excluding carboxylic acids is 1. The number of nitrogens with two attached hydrogens (primary N) is 1. The van der Waals surface area contributed by atoms with Gasteiger partial charge in [0.25, 0.3) is 0 Å². The molecular weight excluding hydrogens is 288 g/mol. The number of rotatable bonds is 3. The van der Waals surface area contributed by atoms with Gasteiger partial charge < -0.3 is 10.5 Å². The molecule has 0 amide bonds. The lowest BCUT2D eigenvalue weighted by Gasteiger charge is -2.08. The van der Waals surface area contributed by atoms with E-state index in [1.54, 1.807) is 30.3 Å². The maximum absolute atomic E-state index is 11.9. The Bertz CT molecular complexity index is 736. The van der Waals surface area contributed by atoms with Crippen molar-refractivity contribution in [2.24, 2.45) is 0 Å². The van der Waals surface area contributed by atoms with Gasteiger partial charge in [-0.2, -0.15) is 5.26 Å². The molecule has 5 heteroatoms. The Morgan fingerprint density at radius 3 is 2.71 bits per heavy atom. The number of aryl methyl sites for hydroxylation is 1. The van der Waals surface area contributed by atoms with Crippen LogP contribution in [0.3, 0.4) is 0 Å². The van der Waals surface area contributed by atoms with Gasteiger partial charge in [0.1, 0.15) is 6.61 Å². The first-order chi connectivity index (χ1) is 10.0. The van der Waals surface area contributed by atoms with Crippen LogP contribution < -0.4 is 5.73 Å². The fraction of sp³-hybridized carbons (Fsp3) is 0.125. The van der Waals surface area contributed by atoms with Gasteiger partial charge in [0.05, 0.1) is 27.9 Å². The first-order valence-corrected chi connectivity index (χ1v) is 6.61. The third-order valence-electron chi connectivity index (χ3n) is 3.06. The molecule has 2 rings (SSSR count). The number of hydrogen-bond acceptors (Lipinski definition) is 4. The number of esters is 1. The molecule has 0 radical (unpaired) electrons. The van der Waals surface area contributed by atoms with Gasteiger partial charge in [-0.1, -0.05) is 17.7 Å². The van der Waals surface area contributed by atoms with E-state index in [0.717, 1.165) is 11.1 Å². The average Bonchev–Trinajstić information content (AvgIpc) is 2.48. The SMILES string of the molecule is Cc1cc(C#N)ccc1COC(=O)c1ccc(Cl)c(N)c1. The molecule has 0 spiro atoms. The predicted octanol–water partition coefficient (Wildman–Crippen LogP) is 3.46. The fourth-order valence-electron chi connectivity index (χ4n) is 1.82. The molecule has 0 atom stereocenters. The molecule has 0 unspecified atom stereocenters. The molecule has 0 saturated heterocycles. The van der Waals surface area contributed by atoms with Gasteiger partial charge in [-0.05, 0) is 48.4 Å². The van der Waals surface area contributed by atoms with Gasteiger partial charge in [0.2, 0.25) is 0 Å². The molecule has 21 heavy (non-hydrogen) atoms. The summed E-state index contributed by atoms with van der Waals surface area (Å²) in [7, 11) is 0. The van der Waals surface area contributed by atoms with Crippen molar-refractivity contribution in [2.75, 3.05) is 5.73 Å². The van der Waals surface area contributed by atoms with E-state index in [0.29, 0.717) is 21.8 Å². The first-order valence-electron chi connectivity index (χ1n) is 6.23. The highest BCUT2D eigenvalue weighted by molar-refractivity contribution is 6.33. The van der Waals surface area contributed by atoms with Crippen molar-refractivity contribution in [3.63, 3.8) is 0 Å². The monoisotopic (exact) mass is 300 g/mol. The summed E-state index contributed by atoms with van der Waals surface area (Å²) in [4.78, 5) is 11.9. The van der Waals surface area contributed by atoms with Crippen LogP contribution in [0.1, 0.15) is 27.0 Å². The molecule has 0 saturated carbocycles. The topological polar surface area (TPSA) is 76.1 Å². The number of carbonyl (C=O) groups is 1. The molecule has 4 nitrogen and oxygen atoms in total. The lowest BCUT2D eigenvalue weighted by Crippen LogP contribution is -2.06. The molecule has 2 aromatic rings. The molecule has 0 aliphatic heterocycles. The van der Waals surface area contributed by atoms with Crippen molar-refractivity contribution in [3.05, 3.63) is 63.7 Å². The summed E-state index contributed by atoms with van der Waals surface area (Å²) >= 11 is 5.80. The van der Waals surface area contributed by atoms with Crippen LogP contribution in [0.2, 0.25) is 5.02 Å². The van der Waals surface area contributed by atoms with E-state index in [1.165, 1.54) is 6.07 Å². The van der Waals surface area contributed by atoms with E-state index in [-0.39, 0.29) is 6.61 Å². The number of nitrogens with zero attached hydrogens (tertiary/aromatic N) is 1. The van der Waals surface area contributed by atoms with Gasteiger partial charge in [-0.15, -0.1) is 0 Å². The standard InChI is InChI=1S/C16H13ClN2O2/c1-10-6-11(8-18)2-3-13(10)9-21-16(20)12-4-5-14(17)15(19)7-12/h2-7H,9,19H2,1H3. The van der Waals surface area contributed by atoms with Crippen LogP contribution in [0.25, 0.3) is 0 Å². The first kappa shape index (κ1) is 14.9.